The van der Waals surface area contributed by atoms with Crippen LogP contribution in [-0.4, -0.2) is 76.3 Å². The van der Waals surface area contributed by atoms with Crippen LogP contribution >= 0.6 is 0 Å². The summed E-state index contributed by atoms with van der Waals surface area (Å²) in [6.07, 6.45) is 0.947. The number of anilines is 1. The highest BCUT2D eigenvalue weighted by atomic mass is 16.5. The van der Waals surface area contributed by atoms with Gasteiger partial charge in [0.05, 0.1) is 27.9 Å². The zero-order valence-electron chi connectivity index (χ0n) is 18.6. The number of rotatable bonds is 7. The highest BCUT2D eigenvalue weighted by molar-refractivity contribution is 5.96. The van der Waals surface area contributed by atoms with Crippen molar-refractivity contribution in [2.45, 2.75) is 13.0 Å². The molecule has 2 heterocycles. The van der Waals surface area contributed by atoms with Crippen LogP contribution in [0.5, 0.6) is 17.2 Å². The van der Waals surface area contributed by atoms with Crippen LogP contribution in [0.1, 0.15) is 11.1 Å². The van der Waals surface area contributed by atoms with E-state index in [-0.39, 0.29) is 5.91 Å². The van der Waals surface area contributed by atoms with Crippen molar-refractivity contribution >= 4 is 11.6 Å². The van der Waals surface area contributed by atoms with Crippen LogP contribution in [0, 0.1) is 0 Å². The zero-order valence-corrected chi connectivity index (χ0v) is 18.6. The maximum atomic E-state index is 12.9. The fraction of sp³-hybridized carbons (Fsp3) is 0.458. The molecule has 2 aromatic rings. The van der Waals surface area contributed by atoms with Crippen molar-refractivity contribution in [1.82, 2.24) is 9.80 Å². The Hall–Kier alpha value is -2.77. The summed E-state index contributed by atoms with van der Waals surface area (Å²) in [5.41, 5.74) is 3.41. The molecule has 1 fully saturated rings. The van der Waals surface area contributed by atoms with Gasteiger partial charge in [-0.2, -0.15) is 0 Å². The standard InChI is InChI=1S/C24H31N3O4/c1-29-21-9-8-19(23(30-2)24(21)31-3)16-25-12-14-26(15-13-25)17-22(28)27-11-10-18-6-4-5-7-20(18)27/h4-9H,10-17H2,1-3H3. The molecule has 0 aliphatic carbocycles. The summed E-state index contributed by atoms with van der Waals surface area (Å²) in [7, 11) is 4.90. The van der Waals surface area contributed by atoms with Crippen LogP contribution in [0.4, 0.5) is 5.69 Å². The molecule has 0 bridgehead atoms. The molecule has 2 aliphatic rings. The molecule has 2 aliphatic heterocycles. The second-order valence-corrected chi connectivity index (χ2v) is 7.97. The first-order chi connectivity index (χ1) is 15.1. The lowest BCUT2D eigenvalue weighted by molar-refractivity contribution is -0.120. The van der Waals surface area contributed by atoms with E-state index in [1.165, 1.54) is 5.56 Å². The van der Waals surface area contributed by atoms with Gasteiger partial charge in [-0.25, -0.2) is 0 Å². The number of fused-ring (bicyclic) bond motifs is 1. The van der Waals surface area contributed by atoms with Crippen LogP contribution in [0.3, 0.4) is 0 Å². The monoisotopic (exact) mass is 425 g/mol. The van der Waals surface area contributed by atoms with Crippen LogP contribution in [-0.2, 0) is 17.8 Å². The van der Waals surface area contributed by atoms with Crippen molar-refractivity contribution in [3.63, 3.8) is 0 Å². The summed E-state index contributed by atoms with van der Waals surface area (Å²) in [4.78, 5) is 19.5. The van der Waals surface area contributed by atoms with E-state index in [1.54, 1.807) is 21.3 Å². The first kappa shape index (κ1) is 21.5. The molecule has 0 unspecified atom stereocenters. The predicted octanol–water partition coefficient (Wildman–Crippen LogP) is 2.42. The molecule has 0 aromatic heterocycles. The average Bonchev–Trinajstić information content (AvgIpc) is 3.24. The lowest BCUT2D eigenvalue weighted by Gasteiger charge is -2.35. The number of carbonyl (C=O) groups is 1. The molecule has 1 saturated heterocycles. The lowest BCUT2D eigenvalue weighted by atomic mass is 10.1. The lowest BCUT2D eigenvalue weighted by Crippen LogP contribution is -2.49. The minimum atomic E-state index is 0.194. The SMILES string of the molecule is COc1ccc(CN2CCN(CC(=O)N3CCc4ccccc43)CC2)c(OC)c1OC. The summed E-state index contributed by atoms with van der Waals surface area (Å²) in [5, 5.41) is 0. The summed E-state index contributed by atoms with van der Waals surface area (Å²) in [5.74, 6) is 2.19. The average molecular weight is 426 g/mol. The van der Waals surface area contributed by atoms with Gasteiger partial charge in [-0.3, -0.25) is 14.6 Å². The molecular formula is C24H31N3O4. The summed E-state index contributed by atoms with van der Waals surface area (Å²) >= 11 is 0. The van der Waals surface area contributed by atoms with Gasteiger partial charge in [-0.05, 0) is 24.1 Å². The second kappa shape index (κ2) is 9.58. The van der Waals surface area contributed by atoms with Crippen molar-refractivity contribution in [3.8, 4) is 17.2 Å². The van der Waals surface area contributed by atoms with Gasteiger partial charge >= 0.3 is 0 Å². The Morgan fingerprint density at radius 2 is 1.55 bits per heavy atom. The Balaban J connectivity index is 1.33. The Morgan fingerprint density at radius 1 is 0.839 bits per heavy atom. The van der Waals surface area contributed by atoms with Crippen molar-refractivity contribution < 1.29 is 19.0 Å². The minimum absolute atomic E-state index is 0.194. The predicted molar refractivity (Wildman–Crippen MR) is 120 cm³/mol. The number of hydrogen-bond acceptors (Lipinski definition) is 6. The quantitative estimate of drug-likeness (QED) is 0.679. The van der Waals surface area contributed by atoms with Gasteiger partial charge in [0.2, 0.25) is 11.7 Å². The van der Waals surface area contributed by atoms with Crippen molar-refractivity contribution in [2.24, 2.45) is 0 Å². The highest BCUT2D eigenvalue weighted by Crippen LogP contribution is 2.40. The molecule has 166 valence electrons. The normalized spacial score (nSPS) is 16.8. The van der Waals surface area contributed by atoms with E-state index in [2.05, 4.69) is 21.9 Å². The van der Waals surface area contributed by atoms with Gasteiger partial charge in [0, 0.05) is 50.5 Å². The molecule has 0 saturated carbocycles. The van der Waals surface area contributed by atoms with Gasteiger partial charge < -0.3 is 19.1 Å². The number of piperazine rings is 1. The zero-order chi connectivity index (χ0) is 21.8. The second-order valence-electron chi connectivity index (χ2n) is 7.97. The van der Waals surface area contributed by atoms with E-state index in [0.717, 1.165) is 56.9 Å². The molecule has 0 spiro atoms. The Morgan fingerprint density at radius 3 is 2.26 bits per heavy atom. The molecular weight excluding hydrogens is 394 g/mol. The molecule has 7 nitrogen and oxygen atoms in total. The van der Waals surface area contributed by atoms with E-state index >= 15 is 0 Å². The van der Waals surface area contributed by atoms with Gasteiger partial charge in [0.15, 0.2) is 11.5 Å². The number of amides is 1. The van der Waals surface area contributed by atoms with E-state index in [4.69, 9.17) is 14.2 Å². The molecule has 0 atom stereocenters. The number of hydrogen-bond donors (Lipinski definition) is 0. The van der Waals surface area contributed by atoms with Gasteiger partial charge in [0.25, 0.3) is 0 Å². The summed E-state index contributed by atoms with van der Waals surface area (Å²) in [6, 6.07) is 12.2. The van der Waals surface area contributed by atoms with Crippen molar-refractivity contribution in [1.29, 1.82) is 0 Å². The Bertz CT molecular complexity index is 925. The van der Waals surface area contributed by atoms with Crippen LogP contribution in [0.15, 0.2) is 36.4 Å². The van der Waals surface area contributed by atoms with Gasteiger partial charge in [-0.1, -0.05) is 24.3 Å². The van der Waals surface area contributed by atoms with E-state index in [0.29, 0.717) is 23.8 Å². The first-order valence-corrected chi connectivity index (χ1v) is 10.8. The number of methoxy groups -OCH3 is 3. The minimum Gasteiger partial charge on any atom is -0.493 e. The highest BCUT2D eigenvalue weighted by Gasteiger charge is 2.27. The molecule has 7 heteroatoms. The molecule has 2 aromatic carbocycles. The number of nitrogens with zero attached hydrogens (tertiary/aromatic N) is 3. The third-order valence-electron chi connectivity index (χ3n) is 6.19. The van der Waals surface area contributed by atoms with Crippen LogP contribution in [0.25, 0.3) is 0 Å². The number of benzene rings is 2. The molecule has 0 N–H and O–H groups in total. The molecule has 4 rings (SSSR count). The summed E-state index contributed by atoms with van der Waals surface area (Å²) < 4.78 is 16.5. The van der Waals surface area contributed by atoms with Crippen LogP contribution in [0.2, 0.25) is 0 Å². The molecule has 31 heavy (non-hydrogen) atoms. The third kappa shape index (κ3) is 4.48. The number of para-hydroxylation sites is 1. The smallest absolute Gasteiger partial charge is 0.241 e. The fourth-order valence-corrected chi connectivity index (χ4v) is 4.51. The fourth-order valence-electron chi connectivity index (χ4n) is 4.51. The Labute approximate surface area is 184 Å². The van der Waals surface area contributed by atoms with E-state index in [1.807, 2.05) is 29.2 Å². The maximum absolute atomic E-state index is 12.9. The third-order valence-corrected chi connectivity index (χ3v) is 6.19. The summed E-state index contributed by atoms with van der Waals surface area (Å²) in [6.45, 7) is 5.58. The largest absolute Gasteiger partial charge is 0.493 e. The van der Waals surface area contributed by atoms with E-state index < -0.39 is 0 Å². The molecule has 1 amide bonds. The number of ether oxygens (including phenoxy) is 3. The van der Waals surface area contributed by atoms with Gasteiger partial charge in [-0.15, -0.1) is 0 Å². The first-order valence-electron chi connectivity index (χ1n) is 10.8. The van der Waals surface area contributed by atoms with Gasteiger partial charge in [0.1, 0.15) is 0 Å². The molecule has 0 radical (unpaired) electrons. The van der Waals surface area contributed by atoms with E-state index in [9.17, 15) is 4.79 Å². The topological polar surface area (TPSA) is 54.5 Å². The maximum Gasteiger partial charge on any atom is 0.241 e. The Kier molecular flexibility index (Phi) is 6.63. The van der Waals surface area contributed by atoms with Crippen molar-refractivity contribution in [2.75, 3.05) is 65.5 Å². The van der Waals surface area contributed by atoms with Crippen molar-refractivity contribution in [3.05, 3.63) is 47.5 Å². The van der Waals surface area contributed by atoms with Crippen LogP contribution < -0.4 is 19.1 Å². The number of carbonyl (C=O) groups excluding carboxylic acids is 1.